The van der Waals surface area contributed by atoms with Crippen LogP contribution in [0.4, 0.5) is 10.1 Å². The van der Waals surface area contributed by atoms with E-state index in [-0.39, 0.29) is 12.4 Å². The highest BCUT2D eigenvalue weighted by Gasteiger charge is 2.08. The number of nitrogens with zero attached hydrogens (tertiary/aromatic N) is 2. The second-order valence-corrected chi connectivity index (χ2v) is 7.67. The van der Waals surface area contributed by atoms with Crippen molar-refractivity contribution in [2.45, 2.75) is 45.6 Å². The quantitative estimate of drug-likeness (QED) is 0.461. The van der Waals surface area contributed by atoms with Crippen molar-refractivity contribution in [3.8, 4) is 11.3 Å². The molecule has 3 aromatic rings. The third-order valence-electron chi connectivity index (χ3n) is 4.80. The summed E-state index contributed by atoms with van der Waals surface area (Å²) in [6, 6.07) is 15.0. The predicted octanol–water partition coefficient (Wildman–Crippen LogP) is 5.70. The van der Waals surface area contributed by atoms with Gasteiger partial charge in [-0.1, -0.05) is 44.0 Å². The minimum absolute atomic E-state index is 0.251. The third kappa shape index (κ3) is 5.40. The van der Waals surface area contributed by atoms with E-state index in [1.165, 1.54) is 23.3 Å². The number of unbranched alkanes of at least 4 members (excludes halogenated alkanes) is 3. The van der Waals surface area contributed by atoms with E-state index in [0.29, 0.717) is 0 Å². The molecule has 0 saturated heterocycles. The molecule has 0 radical (unpaired) electrons. The Morgan fingerprint density at radius 2 is 1.68 bits per heavy atom. The largest absolute Gasteiger partial charge is 0.396 e. The van der Waals surface area contributed by atoms with Gasteiger partial charge in [-0.2, -0.15) is 0 Å². The van der Waals surface area contributed by atoms with E-state index in [1.807, 2.05) is 0 Å². The van der Waals surface area contributed by atoms with E-state index >= 15 is 0 Å². The summed E-state index contributed by atoms with van der Waals surface area (Å²) < 4.78 is 15.5. The van der Waals surface area contributed by atoms with Gasteiger partial charge in [-0.05, 0) is 54.7 Å². The van der Waals surface area contributed by atoms with Gasteiger partial charge in [-0.15, -0.1) is 11.3 Å². The van der Waals surface area contributed by atoms with Crippen molar-refractivity contribution in [1.29, 1.82) is 0 Å². The Kier molecular flexibility index (Phi) is 7.57. The van der Waals surface area contributed by atoms with Crippen molar-refractivity contribution in [3.05, 3.63) is 70.1 Å². The second kappa shape index (κ2) is 10.3. The first-order chi connectivity index (χ1) is 13.7. The summed E-state index contributed by atoms with van der Waals surface area (Å²) in [7, 11) is 0. The molecule has 1 N–H and O–H groups in total. The van der Waals surface area contributed by atoms with E-state index in [4.69, 9.17) is 10.1 Å². The average Bonchev–Trinajstić information content (AvgIpc) is 3.12. The van der Waals surface area contributed by atoms with Gasteiger partial charge in [0.15, 0.2) is 4.80 Å². The van der Waals surface area contributed by atoms with Crippen molar-refractivity contribution in [1.82, 2.24) is 4.57 Å². The summed E-state index contributed by atoms with van der Waals surface area (Å²) >= 11 is 1.61. The van der Waals surface area contributed by atoms with Crippen LogP contribution in [-0.4, -0.2) is 16.3 Å². The van der Waals surface area contributed by atoms with Crippen LogP contribution in [0, 0.1) is 5.82 Å². The number of halogens is 1. The Hall–Kier alpha value is -2.24. The van der Waals surface area contributed by atoms with Crippen LogP contribution in [-0.2, 0) is 13.0 Å². The number of hydrogen-bond acceptors (Lipinski definition) is 3. The van der Waals surface area contributed by atoms with Crippen LogP contribution in [0.3, 0.4) is 0 Å². The molecule has 0 saturated carbocycles. The first-order valence-electron chi connectivity index (χ1n) is 9.90. The summed E-state index contributed by atoms with van der Waals surface area (Å²) in [5.41, 5.74) is 4.43. The lowest BCUT2D eigenvalue weighted by Crippen LogP contribution is -2.16. The fourth-order valence-electron chi connectivity index (χ4n) is 3.14. The third-order valence-corrected chi connectivity index (χ3v) is 5.66. The molecule has 0 atom stereocenters. The van der Waals surface area contributed by atoms with Gasteiger partial charge in [-0.3, -0.25) is 0 Å². The fourth-order valence-corrected chi connectivity index (χ4v) is 4.09. The van der Waals surface area contributed by atoms with Crippen molar-refractivity contribution in [3.63, 3.8) is 0 Å². The predicted molar refractivity (Wildman–Crippen MR) is 114 cm³/mol. The average molecular weight is 399 g/mol. The summed E-state index contributed by atoms with van der Waals surface area (Å²) in [6.45, 7) is 3.29. The Labute approximate surface area is 169 Å². The highest BCUT2D eigenvalue weighted by Crippen LogP contribution is 2.22. The van der Waals surface area contributed by atoms with Gasteiger partial charge >= 0.3 is 0 Å². The van der Waals surface area contributed by atoms with Gasteiger partial charge in [0, 0.05) is 18.5 Å². The Bertz CT molecular complexity index is 926. The van der Waals surface area contributed by atoms with E-state index < -0.39 is 0 Å². The first kappa shape index (κ1) is 20.5. The summed E-state index contributed by atoms with van der Waals surface area (Å²) in [4.78, 5) is 5.67. The molecule has 5 heteroatoms. The number of aliphatic hydroxyl groups is 1. The smallest absolute Gasteiger partial charge is 0.190 e. The zero-order chi connectivity index (χ0) is 19.8. The SMILES string of the molecule is CCc1ccc(-c2csc(=Nc3ccc(F)cc3)n2CCCCCCO)cc1. The summed E-state index contributed by atoms with van der Waals surface area (Å²) in [5.74, 6) is -0.251. The van der Waals surface area contributed by atoms with E-state index in [0.717, 1.165) is 54.8 Å². The zero-order valence-electron chi connectivity index (χ0n) is 16.3. The van der Waals surface area contributed by atoms with Gasteiger partial charge in [0.25, 0.3) is 0 Å². The minimum Gasteiger partial charge on any atom is -0.396 e. The Morgan fingerprint density at radius 3 is 2.36 bits per heavy atom. The molecule has 0 bridgehead atoms. The standard InChI is InChI=1S/C23H27FN2OS/c1-2-18-7-9-19(10-8-18)22-17-28-23(25-21-13-11-20(24)12-14-21)26(22)15-5-3-4-6-16-27/h7-14,17,27H,2-6,15-16H2,1H3. The van der Waals surface area contributed by atoms with Crippen molar-refractivity contribution >= 4 is 17.0 Å². The van der Waals surface area contributed by atoms with Crippen LogP contribution < -0.4 is 4.80 Å². The van der Waals surface area contributed by atoms with Gasteiger partial charge in [0.1, 0.15) is 5.82 Å². The van der Waals surface area contributed by atoms with Crippen LogP contribution in [0.1, 0.15) is 38.2 Å². The highest BCUT2D eigenvalue weighted by atomic mass is 32.1. The monoisotopic (exact) mass is 398 g/mol. The number of rotatable bonds is 9. The molecule has 2 aromatic carbocycles. The van der Waals surface area contributed by atoms with Crippen LogP contribution in [0.2, 0.25) is 0 Å². The maximum atomic E-state index is 13.2. The van der Waals surface area contributed by atoms with Gasteiger partial charge in [0.05, 0.1) is 11.4 Å². The van der Waals surface area contributed by atoms with Crippen LogP contribution >= 0.6 is 11.3 Å². The normalized spacial score (nSPS) is 11.9. The number of aliphatic hydroxyl groups excluding tert-OH is 1. The number of aromatic nitrogens is 1. The van der Waals surface area contributed by atoms with Gasteiger partial charge < -0.3 is 9.67 Å². The van der Waals surface area contributed by atoms with E-state index in [1.54, 1.807) is 23.5 Å². The van der Waals surface area contributed by atoms with E-state index in [2.05, 4.69) is 41.1 Å². The maximum Gasteiger partial charge on any atom is 0.190 e. The van der Waals surface area contributed by atoms with Gasteiger partial charge in [0.2, 0.25) is 0 Å². The molecule has 0 unspecified atom stereocenters. The molecular weight excluding hydrogens is 371 g/mol. The lowest BCUT2D eigenvalue weighted by Gasteiger charge is -2.10. The molecule has 1 aromatic heterocycles. The molecule has 1 heterocycles. The molecular formula is C23H27FN2OS. The number of hydrogen-bond donors (Lipinski definition) is 1. The Balaban J connectivity index is 1.92. The fraction of sp³-hybridized carbons (Fsp3) is 0.348. The zero-order valence-corrected chi connectivity index (χ0v) is 17.1. The summed E-state index contributed by atoms with van der Waals surface area (Å²) in [5, 5.41) is 11.1. The van der Waals surface area contributed by atoms with Crippen molar-refractivity contribution < 1.29 is 9.50 Å². The summed E-state index contributed by atoms with van der Waals surface area (Å²) in [6.07, 6.45) is 5.03. The Morgan fingerprint density at radius 1 is 0.964 bits per heavy atom. The lowest BCUT2D eigenvalue weighted by atomic mass is 10.1. The molecule has 3 rings (SSSR count). The number of benzene rings is 2. The van der Waals surface area contributed by atoms with Crippen LogP contribution in [0.5, 0.6) is 0 Å². The van der Waals surface area contributed by atoms with Gasteiger partial charge in [-0.25, -0.2) is 9.38 Å². The van der Waals surface area contributed by atoms with Crippen LogP contribution in [0.15, 0.2) is 58.9 Å². The molecule has 0 aliphatic rings. The molecule has 0 aliphatic carbocycles. The molecule has 28 heavy (non-hydrogen) atoms. The lowest BCUT2D eigenvalue weighted by molar-refractivity contribution is 0.282. The van der Waals surface area contributed by atoms with Crippen molar-refractivity contribution in [2.24, 2.45) is 4.99 Å². The molecule has 0 aliphatic heterocycles. The maximum absolute atomic E-state index is 13.2. The van der Waals surface area contributed by atoms with E-state index in [9.17, 15) is 4.39 Å². The molecule has 0 fully saturated rings. The molecule has 3 nitrogen and oxygen atoms in total. The number of thiazole rings is 1. The first-order valence-corrected chi connectivity index (χ1v) is 10.8. The topological polar surface area (TPSA) is 37.5 Å². The highest BCUT2D eigenvalue weighted by molar-refractivity contribution is 7.07. The molecule has 0 amide bonds. The molecule has 0 spiro atoms. The van der Waals surface area contributed by atoms with Crippen molar-refractivity contribution in [2.75, 3.05) is 6.61 Å². The molecule has 148 valence electrons. The number of aryl methyl sites for hydroxylation is 1. The second-order valence-electron chi connectivity index (χ2n) is 6.83. The minimum atomic E-state index is -0.251. The van der Waals surface area contributed by atoms with Crippen LogP contribution in [0.25, 0.3) is 11.3 Å².